The third-order valence-corrected chi connectivity index (χ3v) is 4.85. The number of rotatable bonds is 6. The highest BCUT2D eigenvalue weighted by Crippen LogP contribution is 2.27. The molecule has 0 saturated heterocycles. The third-order valence-electron chi connectivity index (χ3n) is 4.12. The maximum Gasteiger partial charge on any atom is 0.335 e. The molecule has 0 spiro atoms. The van der Waals surface area contributed by atoms with Gasteiger partial charge in [-0.05, 0) is 40.2 Å². The first-order valence-electron chi connectivity index (χ1n) is 7.86. The number of imidazole rings is 1. The summed E-state index contributed by atoms with van der Waals surface area (Å²) in [4.78, 5) is 15.6. The number of nitrogens with zero attached hydrogens (tertiary/aromatic N) is 2. The summed E-state index contributed by atoms with van der Waals surface area (Å²) in [5.41, 5.74) is 0.880. The van der Waals surface area contributed by atoms with Gasteiger partial charge in [0.25, 0.3) is 0 Å². The second-order valence-corrected chi connectivity index (χ2v) is 6.61. The van der Waals surface area contributed by atoms with Gasteiger partial charge in [0.05, 0.1) is 27.7 Å². The first-order chi connectivity index (χ1) is 12.8. The maximum atomic E-state index is 14.2. The van der Waals surface area contributed by atoms with Crippen molar-refractivity contribution in [2.24, 2.45) is 0 Å². The summed E-state index contributed by atoms with van der Waals surface area (Å²) in [5.74, 6) is -4.15. The number of aromatic carboxylic acids is 1. The SMILES string of the molecule is COCCn1c(Cc2cc(F)c(Br)c(F)c2F)nc2ccc(C(=O)O)cc21. The van der Waals surface area contributed by atoms with Crippen molar-refractivity contribution in [3.8, 4) is 0 Å². The molecule has 9 heteroatoms. The van der Waals surface area contributed by atoms with Gasteiger partial charge in [0.2, 0.25) is 0 Å². The molecule has 0 amide bonds. The summed E-state index contributed by atoms with van der Waals surface area (Å²) in [5, 5.41) is 9.18. The predicted molar refractivity (Wildman–Crippen MR) is 95.4 cm³/mol. The molecule has 0 unspecified atom stereocenters. The Bertz CT molecular complexity index is 1040. The molecule has 1 aromatic heterocycles. The van der Waals surface area contributed by atoms with Crippen molar-refractivity contribution in [2.45, 2.75) is 13.0 Å². The Morgan fingerprint density at radius 3 is 2.67 bits per heavy atom. The van der Waals surface area contributed by atoms with Gasteiger partial charge in [0, 0.05) is 25.6 Å². The molecule has 5 nitrogen and oxygen atoms in total. The highest BCUT2D eigenvalue weighted by atomic mass is 79.9. The van der Waals surface area contributed by atoms with Gasteiger partial charge in [-0.15, -0.1) is 0 Å². The molecular formula is C18H14BrF3N2O3. The van der Waals surface area contributed by atoms with Crippen LogP contribution in [0.2, 0.25) is 0 Å². The molecule has 3 rings (SSSR count). The first kappa shape index (κ1) is 19.4. The number of halogens is 4. The maximum absolute atomic E-state index is 14.2. The zero-order valence-electron chi connectivity index (χ0n) is 14.1. The molecule has 0 aliphatic carbocycles. The molecule has 0 aliphatic heterocycles. The van der Waals surface area contributed by atoms with Crippen molar-refractivity contribution in [1.82, 2.24) is 9.55 Å². The van der Waals surface area contributed by atoms with Gasteiger partial charge in [-0.1, -0.05) is 0 Å². The van der Waals surface area contributed by atoms with E-state index in [4.69, 9.17) is 4.74 Å². The molecule has 1 N–H and O–H groups in total. The van der Waals surface area contributed by atoms with Crippen LogP contribution in [0, 0.1) is 17.5 Å². The van der Waals surface area contributed by atoms with Crippen LogP contribution >= 0.6 is 15.9 Å². The number of fused-ring (bicyclic) bond motifs is 1. The number of hydrogen-bond acceptors (Lipinski definition) is 3. The molecule has 3 aromatic rings. The standard InChI is InChI=1S/C18H14BrF3N2O3/c1-27-5-4-24-13-7-9(18(25)26)2-3-12(13)23-14(24)8-10-6-11(20)15(19)17(22)16(10)21/h2-3,6-7H,4-5,8H2,1H3,(H,25,26). The van der Waals surface area contributed by atoms with Crippen LogP contribution in [-0.4, -0.2) is 34.3 Å². The Balaban J connectivity index is 2.12. The molecule has 0 saturated carbocycles. The fourth-order valence-corrected chi connectivity index (χ4v) is 3.08. The Morgan fingerprint density at radius 1 is 1.26 bits per heavy atom. The van der Waals surface area contributed by atoms with Gasteiger partial charge < -0.3 is 14.4 Å². The predicted octanol–water partition coefficient (Wildman–Crippen LogP) is 4.15. The normalized spacial score (nSPS) is 11.3. The van der Waals surface area contributed by atoms with E-state index < -0.39 is 27.9 Å². The van der Waals surface area contributed by atoms with E-state index in [-0.39, 0.29) is 17.5 Å². The first-order valence-corrected chi connectivity index (χ1v) is 8.66. The molecule has 0 bridgehead atoms. The lowest BCUT2D eigenvalue weighted by atomic mass is 10.1. The van der Waals surface area contributed by atoms with E-state index in [9.17, 15) is 23.1 Å². The summed E-state index contributed by atoms with van der Waals surface area (Å²) in [6, 6.07) is 5.29. The van der Waals surface area contributed by atoms with Crippen molar-refractivity contribution >= 4 is 32.9 Å². The van der Waals surface area contributed by atoms with Crippen molar-refractivity contribution in [1.29, 1.82) is 0 Å². The van der Waals surface area contributed by atoms with Crippen molar-refractivity contribution < 1.29 is 27.8 Å². The summed E-state index contributed by atoms with van der Waals surface area (Å²) < 4.78 is 48.0. The topological polar surface area (TPSA) is 64.4 Å². The van der Waals surface area contributed by atoms with E-state index >= 15 is 0 Å². The van der Waals surface area contributed by atoms with Crippen LogP contribution < -0.4 is 0 Å². The fraction of sp³-hybridized carbons (Fsp3) is 0.222. The number of carboxylic acids is 1. The minimum atomic E-state index is -1.31. The third kappa shape index (κ3) is 3.70. The van der Waals surface area contributed by atoms with Crippen LogP contribution in [0.1, 0.15) is 21.7 Å². The number of carbonyl (C=O) groups is 1. The van der Waals surface area contributed by atoms with Gasteiger partial charge in [0.1, 0.15) is 11.6 Å². The van der Waals surface area contributed by atoms with E-state index in [0.29, 0.717) is 30.0 Å². The Morgan fingerprint density at radius 2 is 2.00 bits per heavy atom. The number of ether oxygens (including phenoxy) is 1. The van der Waals surface area contributed by atoms with Crippen molar-refractivity contribution in [3.63, 3.8) is 0 Å². The highest BCUT2D eigenvalue weighted by Gasteiger charge is 2.20. The molecule has 27 heavy (non-hydrogen) atoms. The quantitative estimate of drug-likeness (QED) is 0.460. The lowest BCUT2D eigenvalue weighted by molar-refractivity contribution is 0.0697. The minimum absolute atomic E-state index is 0.0690. The smallest absolute Gasteiger partial charge is 0.335 e. The minimum Gasteiger partial charge on any atom is -0.478 e. The molecule has 1 heterocycles. The van der Waals surface area contributed by atoms with E-state index in [1.165, 1.54) is 25.3 Å². The lowest BCUT2D eigenvalue weighted by Gasteiger charge is -2.10. The highest BCUT2D eigenvalue weighted by molar-refractivity contribution is 9.10. The number of aromatic nitrogens is 2. The molecular weight excluding hydrogens is 429 g/mol. The zero-order valence-corrected chi connectivity index (χ0v) is 15.7. The molecule has 2 aromatic carbocycles. The largest absolute Gasteiger partial charge is 0.478 e. The molecule has 0 fully saturated rings. The summed E-state index contributed by atoms with van der Waals surface area (Å²) >= 11 is 2.66. The van der Waals surface area contributed by atoms with Gasteiger partial charge in [-0.2, -0.15) is 0 Å². The number of hydrogen-bond donors (Lipinski definition) is 1. The van der Waals surface area contributed by atoms with Crippen LogP contribution in [-0.2, 0) is 17.7 Å². The fourth-order valence-electron chi connectivity index (χ4n) is 2.79. The number of benzene rings is 2. The van der Waals surface area contributed by atoms with Crippen LogP contribution in [0.5, 0.6) is 0 Å². The number of methoxy groups -OCH3 is 1. The summed E-state index contributed by atoms with van der Waals surface area (Å²) in [7, 11) is 1.50. The van der Waals surface area contributed by atoms with E-state index in [0.717, 1.165) is 6.07 Å². The van der Waals surface area contributed by atoms with Gasteiger partial charge >= 0.3 is 5.97 Å². The van der Waals surface area contributed by atoms with Crippen LogP contribution in [0.25, 0.3) is 11.0 Å². The van der Waals surface area contributed by atoms with Gasteiger partial charge in [-0.3, -0.25) is 0 Å². The monoisotopic (exact) mass is 442 g/mol. The second-order valence-electron chi connectivity index (χ2n) is 5.82. The molecule has 142 valence electrons. The van der Waals surface area contributed by atoms with E-state index in [1.54, 1.807) is 4.57 Å². The summed E-state index contributed by atoms with van der Waals surface area (Å²) in [6.07, 6.45) is -0.173. The van der Waals surface area contributed by atoms with Crippen molar-refractivity contribution in [2.75, 3.05) is 13.7 Å². The average molecular weight is 443 g/mol. The molecule has 0 radical (unpaired) electrons. The summed E-state index contributed by atoms with van der Waals surface area (Å²) in [6.45, 7) is 0.607. The van der Waals surface area contributed by atoms with E-state index in [2.05, 4.69) is 20.9 Å². The Hall–Kier alpha value is -2.39. The van der Waals surface area contributed by atoms with Crippen LogP contribution in [0.15, 0.2) is 28.7 Å². The Labute approximate surface area is 160 Å². The Kier molecular flexibility index (Phi) is 5.52. The molecule has 0 aliphatic rings. The van der Waals surface area contributed by atoms with Crippen LogP contribution in [0.4, 0.5) is 13.2 Å². The number of carboxylic acid groups (broad SMARTS) is 1. The average Bonchev–Trinajstić information content (AvgIpc) is 2.98. The van der Waals surface area contributed by atoms with Crippen LogP contribution in [0.3, 0.4) is 0 Å². The second kappa shape index (κ2) is 7.69. The van der Waals surface area contributed by atoms with Gasteiger partial charge in [-0.25, -0.2) is 22.9 Å². The van der Waals surface area contributed by atoms with E-state index in [1.807, 2.05) is 0 Å². The van der Waals surface area contributed by atoms with Gasteiger partial charge in [0.15, 0.2) is 11.6 Å². The zero-order chi connectivity index (χ0) is 19.7. The lowest BCUT2D eigenvalue weighted by Crippen LogP contribution is -2.10. The molecule has 0 atom stereocenters. The van der Waals surface area contributed by atoms with Crippen molar-refractivity contribution in [3.05, 3.63) is 63.1 Å².